The Balaban J connectivity index is 2.40. The van der Waals surface area contributed by atoms with E-state index < -0.39 is 0 Å². The Bertz CT molecular complexity index is 209. The van der Waals surface area contributed by atoms with E-state index in [9.17, 15) is 0 Å². The molecule has 0 unspecified atom stereocenters. The summed E-state index contributed by atoms with van der Waals surface area (Å²) in [5, 5.41) is 4.47. The van der Waals surface area contributed by atoms with Crippen LogP contribution in [0.15, 0.2) is 16.9 Å². The van der Waals surface area contributed by atoms with Crippen molar-refractivity contribution < 1.29 is 4.59 Å². The van der Waals surface area contributed by atoms with Crippen molar-refractivity contribution in [2.45, 2.75) is 13.8 Å². The molecule has 0 N–H and O–H groups in total. The molecule has 1 fully saturated rings. The molecule has 2 rings (SSSR count). The average molecular weight is 123 g/mol. The molecule has 0 aliphatic carbocycles. The lowest BCUT2D eigenvalue weighted by Gasteiger charge is -2.02. The number of nitrogens with zero attached hydrogens (tertiary/aromatic N) is 2. The SMILES string of the molecule is CC1=CC(C)=N[N+]12CC2. The molecule has 0 aromatic rings. The Hall–Kier alpha value is -0.630. The number of allylic oxidation sites excluding steroid dienone is 2. The van der Waals surface area contributed by atoms with Gasteiger partial charge in [0.2, 0.25) is 0 Å². The molecule has 2 heterocycles. The van der Waals surface area contributed by atoms with Crippen molar-refractivity contribution in [1.29, 1.82) is 0 Å². The molecule has 0 saturated carbocycles. The Morgan fingerprint density at radius 2 is 2.11 bits per heavy atom. The molecule has 48 valence electrons. The molecule has 2 nitrogen and oxygen atoms in total. The van der Waals surface area contributed by atoms with Gasteiger partial charge in [-0.15, -0.1) is 0 Å². The minimum atomic E-state index is 0.922. The maximum absolute atomic E-state index is 4.47. The summed E-state index contributed by atoms with van der Waals surface area (Å²) < 4.78 is 0.922. The van der Waals surface area contributed by atoms with Crippen molar-refractivity contribution in [3.63, 3.8) is 0 Å². The van der Waals surface area contributed by atoms with Crippen LogP contribution >= 0.6 is 0 Å². The van der Waals surface area contributed by atoms with E-state index in [0.29, 0.717) is 0 Å². The van der Waals surface area contributed by atoms with Crippen molar-refractivity contribution in [3.05, 3.63) is 11.8 Å². The van der Waals surface area contributed by atoms with Crippen molar-refractivity contribution in [2.24, 2.45) is 5.10 Å². The van der Waals surface area contributed by atoms with Crippen molar-refractivity contribution in [3.8, 4) is 0 Å². The van der Waals surface area contributed by atoms with Crippen molar-refractivity contribution >= 4 is 5.71 Å². The van der Waals surface area contributed by atoms with Gasteiger partial charge in [-0.1, -0.05) is 5.10 Å². The van der Waals surface area contributed by atoms with Gasteiger partial charge in [0.25, 0.3) is 0 Å². The van der Waals surface area contributed by atoms with Gasteiger partial charge in [0.1, 0.15) is 5.70 Å². The van der Waals surface area contributed by atoms with E-state index in [1.165, 1.54) is 24.5 Å². The van der Waals surface area contributed by atoms with Crippen LogP contribution in [0.2, 0.25) is 0 Å². The number of hydrogen-bond acceptors (Lipinski definition) is 1. The van der Waals surface area contributed by atoms with Crippen LogP contribution in [0.3, 0.4) is 0 Å². The van der Waals surface area contributed by atoms with Gasteiger partial charge in [-0.2, -0.15) is 4.59 Å². The van der Waals surface area contributed by atoms with Gasteiger partial charge in [-0.05, 0) is 6.92 Å². The summed E-state index contributed by atoms with van der Waals surface area (Å²) in [5.41, 5.74) is 2.59. The Kier molecular flexibility index (Phi) is 0.728. The summed E-state index contributed by atoms with van der Waals surface area (Å²) in [6, 6.07) is 0. The van der Waals surface area contributed by atoms with Gasteiger partial charge in [-0.3, -0.25) is 0 Å². The summed E-state index contributed by atoms with van der Waals surface area (Å²) in [6.45, 7) is 6.67. The molecule has 0 aromatic carbocycles. The lowest BCUT2D eigenvalue weighted by Crippen LogP contribution is -2.11. The minimum absolute atomic E-state index is 0.922. The van der Waals surface area contributed by atoms with Gasteiger partial charge < -0.3 is 0 Å². The third kappa shape index (κ3) is 0.566. The molecule has 0 atom stereocenters. The number of hydrogen-bond donors (Lipinski definition) is 0. The highest BCUT2D eigenvalue weighted by molar-refractivity contribution is 5.93. The fourth-order valence-electron chi connectivity index (χ4n) is 1.38. The molecule has 0 bridgehead atoms. The fourth-order valence-corrected chi connectivity index (χ4v) is 1.38. The zero-order valence-electron chi connectivity index (χ0n) is 5.89. The van der Waals surface area contributed by atoms with Crippen LogP contribution in [0, 0.1) is 0 Å². The lowest BCUT2D eigenvalue weighted by molar-refractivity contribution is -0.761. The first kappa shape index (κ1) is 5.18. The zero-order chi connectivity index (χ0) is 6.48. The first-order chi connectivity index (χ1) is 4.23. The summed E-state index contributed by atoms with van der Waals surface area (Å²) in [7, 11) is 0. The maximum Gasteiger partial charge on any atom is 0.160 e. The van der Waals surface area contributed by atoms with Crippen LogP contribution in [0.5, 0.6) is 0 Å². The van der Waals surface area contributed by atoms with Gasteiger partial charge >= 0.3 is 0 Å². The van der Waals surface area contributed by atoms with Gasteiger partial charge in [0, 0.05) is 13.0 Å². The quantitative estimate of drug-likeness (QED) is 0.338. The number of rotatable bonds is 0. The average Bonchev–Trinajstić information content (AvgIpc) is 2.42. The van der Waals surface area contributed by atoms with E-state index in [0.717, 1.165) is 4.59 Å². The van der Waals surface area contributed by atoms with Crippen LogP contribution in [0.4, 0.5) is 0 Å². The van der Waals surface area contributed by atoms with Gasteiger partial charge in [0.05, 0.1) is 5.71 Å². The van der Waals surface area contributed by atoms with Crippen LogP contribution in [-0.4, -0.2) is 23.4 Å². The third-order valence-corrected chi connectivity index (χ3v) is 2.07. The smallest absolute Gasteiger partial charge is 0.159 e. The lowest BCUT2D eigenvalue weighted by atomic mass is 10.3. The van der Waals surface area contributed by atoms with Crippen LogP contribution in [0.25, 0.3) is 0 Å². The molecule has 0 amide bonds. The maximum atomic E-state index is 4.47. The van der Waals surface area contributed by atoms with Crippen LogP contribution in [0.1, 0.15) is 13.8 Å². The molecular formula is C7H11N2+. The third-order valence-electron chi connectivity index (χ3n) is 2.07. The van der Waals surface area contributed by atoms with E-state index in [1.54, 1.807) is 0 Å². The molecule has 2 aliphatic rings. The monoisotopic (exact) mass is 123 g/mol. The van der Waals surface area contributed by atoms with Gasteiger partial charge in [0.15, 0.2) is 13.1 Å². The minimum Gasteiger partial charge on any atom is -0.159 e. The Labute approximate surface area is 55.1 Å². The molecular weight excluding hydrogens is 112 g/mol. The van der Waals surface area contributed by atoms with E-state index in [-0.39, 0.29) is 0 Å². The molecule has 9 heavy (non-hydrogen) atoms. The van der Waals surface area contributed by atoms with Crippen LogP contribution < -0.4 is 0 Å². The standard InChI is InChI=1S/C7H11N2/c1-6-5-7(2)9(8-6)3-4-9/h5H,3-4H2,1-2H3/q+1. The Morgan fingerprint density at radius 1 is 1.44 bits per heavy atom. The normalized spacial score (nSPS) is 28.2. The second-order valence-electron chi connectivity index (χ2n) is 2.90. The zero-order valence-corrected chi connectivity index (χ0v) is 5.89. The number of quaternary nitrogens is 1. The van der Waals surface area contributed by atoms with Gasteiger partial charge in [-0.25, -0.2) is 0 Å². The second-order valence-corrected chi connectivity index (χ2v) is 2.90. The highest BCUT2D eigenvalue weighted by Gasteiger charge is 2.48. The van der Waals surface area contributed by atoms with Crippen molar-refractivity contribution in [2.75, 3.05) is 13.1 Å². The van der Waals surface area contributed by atoms with E-state index in [1.807, 2.05) is 0 Å². The van der Waals surface area contributed by atoms with Crippen molar-refractivity contribution in [1.82, 2.24) is 0 Å². The highest BCUT2D eigenvalue weighted by atomic mass is 15.7. The van der Waals surface area contributed by atoms with E-state index >= 15 is 0 Å². The molecule has 2 heteroatoms. The fraction of sp³-hybridized carbons (Fsp3) is 0.571. The molecule has 1 saturated heterocycles. The first-order valence-electron chi connectivity index (χ1n) is 3.36. The predicted molar refractivity (Wildman–Crippen MR) is 36.9 cm³/mol. The van der Waals surface area contributed by atoms with Crippen LogP contribution in [-0.2, 0) is 0 Å². The topological polar surface area (TPSA) is 12.4 Å². The molecule has 0 aromatic heterocycles. The summed E-state index contributed by atoms with van der Waals surface area (Å²) >= 11 is 0. The second kappa shape index (κ2) is 1.27. The summed E-state index contributed by atoms with van der Waals surface area (Å²) in [6.07, 6.45) is 2.17. The molecule has 2 aliphatic heterocycles. The summed E-state index contributed by atoms with van der Waals surface area (Å²) in [4.78, 5) is 0. The largest absolute Gasteiger partial charge is 0.160 e. The molecule has 1 spiro atoms. The van der Waals surface area contributed by atoms with E-state index in [4.69, 9.17) is 0 Å². The predicted octanol–water partition coefficient (Wildman–Crippen LogP) is 1.11. The molecule has 0 radical (unpaired) electrons. The summed E-state index contributed by atoms with van der Waals surface area (Å²) in [5.74, 6) is 0. The Morgan fingerprint density at radius 3 is 2.33 bits per heavy atom. The highest BCUT2D eigenvalue weighted by Crippen LogP contribution is 2.33. The first-order valence-corrected chi connectivity index (χ1v) is 3.36. The van der Waals surface area contributed by atoms with E-state index in [2.05, 4.69) is 25.0 Å².